The third-order valence-electron chi connectivity index (χ3n) is 4.86. The van der Waals surface area contributed by atoms with Crippen molar-refractivity contribution >= 4 is 12.2 Å². The van der Waals surface area contributed by atoms with Crippen LogP contribution in [0.2, 0.25) is 0 Å². The van der Waals surface area contributed by atoms with Crippen molar-refractivity contribution in [3.05, 3.63) is 0 Å². The lowest BCUT2D eigenvalue weighted by Gasteiger charge is -2.47. The van der Waals surface area contributed by atoms with Gasteiger partial charge in [-0.3, -0.25) is 4.48 Å². The monoisotopic (exact) mass is 308 g/mol. The summed E-state index contributed by atoms with van der Waals surface area (Å²) in [5.74, 6) is 2.56. The first-order chi connectivity index (χ1) is 10.2. The van der Waals surface area contributed by atoms with Gasteiger partial charge < -0.3 is 19.5 Å². The molecule has 3 atom stereocenters. The molecule has 2 aliphatic rings. The number of quaternary nitrogens is 1. The minimum Gasteiger partial charge on any atom is -0.498 e. The summed E-state index contributed by atoms with van der Waals surface area (Å²) in [6.45, 7) is 7.00. The van der Waals surface area contributed by atoms with Crippen LogP contribution in [0.1, 0.15) is 40.0 Å². The summed E-state index contributed by atoms with van der Waals surface area (Å²) in [5.41, 5.74) is -0.634. The lowest BCUT2D eigenvalue weighted by Crippen LogP contribution is -2.69. The molecule has 0 aromatic heterocycles. The Balaban J connectivity index is 2.16. The maximum atomic E-state index is 12.1. The lowest BCUT2D eigenvalue weighted by atomic mass is 10.00. The Bertz CT molecular complexity index is 499. The van der Waals surface area contributed by atoms with Crippen molar-refractivity contribution in [3.63, 3.8) is 0 Å². The van der Waals surface area contributed by atoms with E-state index in [1.54, 1.807) is 4.90 Å². The van der Waals surface area contributed by atoms with Crippen LogP contribution < -0.4 is 5.11 Å². The summed E-state index contributed by atoms with van der Waals surface area (Å²) in [6, 6.07) is -0.554. The van der Waals surface area contributed by atoms with Crippen molar-refractivity contribution in [2.75, 3.05) is 19.6 Å². The second-order valence-electron chi connectivity index (χ2n) is 7.11. The number of carboxylic acid groups (broad SMARTS) is 1. The predicted molar refractivity (Wildman–Crippen MR) is 78.6 cm³/mol. The number of carbonyl (C=O) groups excluding carboxylic acids is 2. The predicted octanol–water partition coefficient (Wildman–Crippen LogP) is 0.951. The van der Waals surface area contributed by atoms with Crippen molar-refractivity contribution in [1.29, 1.82) is 0 Å². The molecular formula is C16H24N2O4. The summed E-state index contributed by atoms with van der Waals surface area (Å²) in [7, 11) is 0. The van der Waals surface area contributed by atoms with Gasteiger partial charge in [-0.15, -0.1) is 6.42 Å². The van der Waals surface area contributed by atoms with Gasteiger partial charge in [0.1, 0.15) is 6.54 Å². The molecule has 0 N–H and O–H groups in total. The number of hydrogen-bond acceptors (Lipinski definition) is 4. The topological polar surface area (TPSA) is 69.7 Å². The molecule has 0 aromatic carbocycles. The van der Waals surface area contributed by atoms with Gasteiger partial charge in [-0.05, 0) is 39.5 Å². The summed E-state index contributed by atoms with van der Waals surface area (Å²) >= 11 is 0. The fourth-order valence-corrected chi connectivity index (χ4v) is 3.57. The van der Waals surface area contributed by atoms with Crippen LogP contribution in [-0.4, -0.2) is 58.9 Å². The summed E-state index contributed by atoms with van der Waals surface area (Å²) < 4.78 is 5.14. The fraction of sp³-hybridized carbons (Fsp3) is 0.750. The normalized spacial score (nSPS) is 31.8. The van der Waals surface area contributed by atoms with E-state index in [1.165, 1.54) is 0 Å². The zero-order valence-electron chi connectivity index (χ0n) is 13.5. The van der Waals surface area contributed by atoms with E-state index < -0.39 is 23.8 Å². The van der Waals surface area contributed by atoms with Crippen LogP contribution in [0.25, 0.3) is 0 Å². The van der Waals surface area contributed by atoms with Gasteiger partial charge in [0.15, 0.2) is 12.1 Å². The van der Waals surface area contributed by atoms with Crippen molar-refractivity contribution in [2.24, 2.45) is 0 Å². The highest BCUT2D eigenvalue weighted by Crippen LogP contribution is 2.37. The van der Waals surface area contributed by atoms with Crippen LogP contribution in [0.5, 0.6) is 0 Å². The number of amides is 2. The Kier molecular flexibility index (Phi) is 4.39. The van der Waals surface area contributed by atoms with Crippen LogP contribution in [0.15, 0.2) is 0 Å². The molecule has 2 saturated heterocycles. The van der Waals surface area contributed by atoms with Crippen LogP contribution in [0.3, 0.4) is 0 Å². The SMILES string of the molecule is C#C[C@H]1C[C@@H](OC(=O)N2CCCC2)C[N+]1(C(=O)[O-])C(C)(C)C. The standard InChI is InChI=1S/C16H24N2O4/c1-5-12-10-13(22-14(19)17-8-6-7-9-17)11-18(12,15(20)21)16(2,3)4/h1,12-13H,6-11H2,2-4H3/t12-,13+,18?/m0/s1. The van der Waals surface area contributed by atoms with Crippen molar-refractivity contribution in [2.45, 2.75) is 57.7 Å². The van der Waals surface area contributed by atoms with E-state index in [4.69, 9.17) is 11.2 Å². The van der Waals surface area contributed by atoms with Gasteiger partial charge in [-0.2, -0.15) is 0 Å². The first-order valence-electron chi connectivity index (χ1n) is 7.73. The molecule has 6 heteroatoms. The van der Waals surface area contributed by atoms with Gasteiger partial charge >= 0.3 is 6.09 Å². The maximum Gasteiger partial charge on any atom is 0.410 e. The van der Waals surface area contributed by atoms with Gasteiger partial charge in [0.05, 0.1) is 12.0 Å². The molecule has 122 valence electrons. The van der Waals surface area contributed by atoms with Crippen molar-refractivity contribution in [3.8, 4) is 12.3 Å². The molecule has 2 fully saturated rings. The molecule has 0 bridgehead atoms. The number of hydrogen-bond donors (Lipinski definition) is 0. The van der Waals surface area contributed by atoms with Gasteiger partial charge in [0, 0.05) is 13.1 Å². The maximum absolute atomic E-state index is 12.1. The van der Waals surface area contributed by atoms with Gasteiger partial charge in [-0.1, -0.05) is 0 Å². The Labute approximate surface area is 131 Å². The largest absolute Gasteiger partial charge is 0.498 e. The first kappa shape index (κ1) is 16.6. The average Bonchev–Trinajstić information content (AvgIpc) is 3.04. The van der Waals surface area contributed by atoms with E-state index in [1.807, 2.05) is 20.8 Å². The zero-order chi connectivity index (χ0) is 16.5. The number of ether oxygens (including phenoxy) is 1. The minimum absolute atomic E-state index is 0.153. The molecule has 2 amide bonds. The molecule has 22 heavy (non-hydrogen) atoms. The second-order valence-corrected chi connectivity index (χ2v) is 7.11. The van der Waals surface area contributed by atoms with E-state index >= 15 is 0 Å². The molecule has 0 aliphatic carbocycles. The summed E-state index contributed by atoms with van der Waals surface area (Å²) in [5, 5.41) is 11.8. The van der Waals surface area contributed by atoms with Crippen LogP contribution in [-0.2, 0) is 4.74 Å². The fourth-order valence-electron chi connectivity index (χ4n) is 3.57. The Hall–Kier alpha value is -1.74. The molecule has 2 heterocycles. The molecule has 0 saturated carbocycles. The number of carbonyl (C=O) groups is 2. The highest BCUT2D eigenvalue weighted by Gasteiger charge is 2.56. The Morgan fingerprint density at radius 1 is 1.32 bits per heavy atom. The molecule has 2 aliphatic heterocycles. The van der Waals surface area contributed by atoms with E-state index in [-0.39, 0.29) is 17.1 Å². The van der Waals surface area contributed by atoms with Gasteiger partial charge in [0.2, 0.25) is 0 Å². The number of likely N-dealkylation sites (tertiary alicyclic amines) is 2. The molecule has 6 nitrogen and oxygen atoms in total. The lowest BCUT2D eigenvalue weighted by molar-refractivity contribution is -0.924. The van der Waals surface area contributed by atoms with E-state index in [2.05, 4.69) is 5.92 Å². The minimum atomic E-state index is -1.21. The molecule has 1 unspecified atom stereocenters. The van der Waals surface area contributed by atoms with Crippen molar-refractivity contribution in [1.82, 2.24) is 4.90 Å². The number of nitrogens with zero attached hydrogens (tertiary/aromatic N) is 2. The number of rotatable bonds is 1. The van der Waals surface area contributed by atoms with E-state index in [9.17, 15) is 14.7 Å². The molecule has 0 radical (unpaired) electrons. The highest BCUT2D eigenvalue weighted by molar-refractivity contribution is 5.68. The van der Waals surface area contributed by atoms with Crippen LogP contribution in [0.4, 0.5) is 9.59 Å². The van der Waals surface area contributed by atoms with Crippen LogP contribution >= 0.6 is 0 Å². The van der Waals surface area contributed by atoms with Gasteiger partial charge in [0.25, 0.3) is 6.09 Å². The zero-order valence-corrected chi connectivity index (χ0v) is 13.5. The summed E-state index contributed by atoms with van der Waals surface area (Å²) in [6.07, 6.45) is 5.78. The molecule has 2 rings (SSSR count). The van der Waals surface area contributed by atoms with Crippen molar-refractivity contribution < 1.29 is 23.9 Å². The third kappa shape index (κ3) is 2.66. The molecule has 0 aromatic rings. The third-order valence-corrected chi connectivity index (χ3v) is 4.86. The molecule has 0 spiro atoms. The van der Waals surface area contributed by atoms with E-state index in [0.29, 0.717) is 19.5 Å². The summed E-state index contributed by atoms with van der Waals surface area (Å²) in [4.78, 5) is 25.6. The molecular weight excluding hydrogens is 284 g/mol. The van der Waals surface area contributed by atoms with E-state index in [0.717, 1.165) is 12.8 Å². The smallest absolute Gasteiger partial charge is 0.410 e. The highest BCUT2D eigenvalue weighted by atomic mass is 16.6. The van der Waals surface area contributed by atoms with Crippen LogP contribution in [0, 0.1) is 12.3 Å². The first-order valence-corrected chi connectivity index (χ1v) is 7.73. The van der Waals surface area contributed by atoms with Gasteiger partial charge in [-0.25, -0.2) is 4.79 Å². The average molecular weight is 308 g/mol. The quantitative estimate of drug-likeness (QED) is 0.534. The Morgan fingerprint density at radius 3 is 2.32 bits per heavy atom. The second kappa shape index (κ2) is 5.81. The number of terminal acetylenes is 1. The Morgan fingerprint density at radius 2 is 1.91 bits per heavy atom.